The minimum absolute atomic E-state index is 0.239. The van der Waals surface area contributed by atoms with Gasteiger partial charge in [0, 0.05) is 25.8 Å². The molecule has 2 saturated heterocycles. The van der Waals surface area contributed by atoms with Gasteiger partial charge in [-0.15, -0.1) is 0 Å². The summed E-state index contributed by atoms with van der Waals surface area (Å²) in [5.74, 6) is 0.432. The summed E-state index contributed by atoms with van der Waals surface area (Å²) in [4.78, 5) is 42.5. The number of hydrogen-bond donors (Lipinski definition) is 0. The van der Waals surface area contributed by atoms with Gasteiger partial charge in [-0.25, -0.2) is 9.59 Å². The lowest BCUT2D eigenvalue weighted by molar-refractivity contribution is -0.131. The monoisotopic (exact) mass is 389 g/mol. The second-order valence-electron chi connectivity index (χ2n) is 8.18. The lowest BCUT2D eigenvalue weighted by Gasteiger charge is -2.42. The number of methoxy groups -OCH3 is 1. The molecule has 152 valence electrons. The predicted octanol–water partition coefficient (Wildman–Crippen LogP) is 2.86. The van der Waals surface area contributed by atoms with Crippen molar-refractivity contribution >= 4 is 23.7 Å². The topological polar surface area (TPSA) is 79.4 Å². The van der Waals surface area contributed by atoms with Crippen molar-refractivity contribution in [1.29, 1.82) is 0 Å². The van der Waals surface area contributed by atoms with Gasteiger partial charge in [-0.05, 0) is 57.9 Å². The summed E-state index contributed by atoms with van der Waals surface area (Å²) in [7, 11) is 3.07. The van der Waals surface area contributed by atoms with Crippen molar-refractivity contribution in [2.45, 2.75) is 44.8 Å². The van der Waals surface area contributed by atoms with Crippen LogP contribution in [0.2, 0.25) is 0 Å². The quantitative estimate of drug-likeness (QED) is 0.727. The summed E-state index contributed by atoms with van der Waals surface area (Å²) in [6.07, 6.45) is 0.309. The number of piperidine rings is 1. The maximum absolute atomic E-state index is 13.0. The third-order valence-electron chi connectivity index (χ3n) is 5.18. The van der Waals surface area contributed by atoms with Crippen molar-refractivity contribution in [3.8, 4) is 5.75 Å². The fraction of sp³-hybridized carbons (Fsp3) is 0.550. The Morgan fingerprint density at radius 1 is 1.07 bits per heavy atom. The van der Waals surface area contributed by atoms with E-state index in [2.05, 4.69) is 0 Å². The molecule has 8 heteroatoms. The van der Waals surface area contributed by atoms with E-state index in [1.54, 1.807) is 41.2 Å². The third-order valence-corrected chi connectivity index (χ3v) is 5.18. The van der Waals surface area contributed by atoms with Gasteiger partial charge in [0.25, 0.3) is 5.91 Å². The Hall–Kier alpha value is -2.77. The number of nitrogens with zero attached hydrogens (tertiary/aromatic N) is 3. The van der Waals surface area contributed by atoms with E-state index in [9.17, 15) is 14.4 Å². The molecular weight excluding hydrogens is 362 g/mol. The Morgan fingerprint density at radius 3 is 2.14 bits per heavy atom. The molecule has 2 heterocycles. The molecule has 2 fully saturated rings. The maximum Gasteiger partial charge on any atom is 0.410 e. The summed E-state index contributed by atoms with van der Waals surface area (Å²) in [6.45, 7) is 6.13. The summed E-state index contributed by atoms with van der Waals surface area (Å²) in [5, 5.41) is 0. The Balaban J connectivity index is 1.85. The fourth-order valence-corrected chi connectivity index (χ4v) is 3.74. The number of urea groups is 1. The number of ether oxygens (including phenoxy) is 2. The van der Waals surface area contributed by atoms with Crippen LogP contribution in [0.4, 0.5) is 15.3 Å². The van der Waals surface area contributed by atoms with Crippen LogP contribution in [0.3, 0.4) is 0 Å². The SMILES string of the molecule is COc1ccc(N2C(=O)N(C)C(=O)C23CCN(C(=O)OC(C)(C)C)CC3)cc1. The molecule has 0 N–H and O–H groups in total. The zero-order valence-electron chi connectivity index (χ0n) is 17.0. The number of imide groups is 1. The Morgan fingerprint density at radius 2 is 1.64 bits per heavy atom. The molecular formula is C20H27N3O5. The first kappa shape index (κ1) is 20.0. The second-order valence-corrected chi connectivity index (χ2v) is 8.18. The average molecular weight is 389 g/mol. The molecule has 1 spiro atoms. The standard InChI is InChI=1S/C20H27N3O5/c1-19(2,3)28-18(26)22-12-10-20(11-13-22)16(24)21(4)17(25)23(20)14-6-8-15(27-5)9-7-14/h6-9H,10-13H2,1-5H3. The molecule has 2 aliphatic heterocycles. The van der Waals surface area contributed by atoms with E-state index in [-0.39, 0.29) is 11.9 Å². The van der Waals surface area contributed by atoms with Gasteiger partial charge in [0.15, 0.2) is 0 Å². The Labute approximate surface area is 165 Å². The van der Waals surface area contributed by atoms with E-state index in [1.165, 1.54) is 7.05 Å². The van der Waals surface area contributed by atoms with Crippen molar-refractivity contribution in [3.63, 3.8) is 0 Å². The van der Waals surface area contributed by atoms with Crippen LogP contribution in [0.15, 0.2) is 24.3 Å². The summed E-state index contributed by atoms with van der Waals surface area (Å²) < 4.78 is 10.6. The number of likely N-dealkylation sites (N-methyl/N-ethyl adjacent to an activating group) is 1. The Kier molecular flexibility index (Phi) is 4.99. The number of benzene rings is 1. The highest BCUT2D eigenvalue weighted by atomic mass is 16.6. The summed E-state index contributed by atoms with van der Waals surface area (Å²) in [5.41, 5.74) is -0.936. The number of hydrogen-bond acceptors (Lipinski definition) is 5. The van der Waals surface area contributed by atoms with Crippen LogP contribution in [0.1, 0.15) is 33.6 Å². The number of likely N-dealkylation sites (tertiary alicyclic amines) is 1. The van der Waals surface area contributed by atoms with Gasteiger partial charge in [0.05, 0.1) is 7.11 Å². The minimum atomic E-state index is -0.987. The molecule has 0 saturated carbocycles. The first-order valence-electron chi connectivity index (χ1n) is 9.33. The van der Waals surface area contributed by atoms with Gasteiger partial charge in [-0.2, -0.15) is 0 Å². The predicted molar refractivity (Wildman–Crippen MR) is 103 cm³/mol. The van der Waals surface area contributed by atoms with E-state index >= 15 is 0 Å². The van der Waals surface area contributed by atoms with Crippen LogP contribution in [0.25, 0.3) is 0 Å². The van der Waals surface area contributed by atoms with Crippen LogP contribution < -0.4 is 9.64 Å². The smallest absolute Gasteiger partial charge is 0.410 e. The second kappa shape index (κ2) is 7.00. The van der Waals surface area contributed by atoms with Gasteiger partial charge in [0.2, 0.25) is 0 Å². The Bertz CT molecular complexity index is 776. The first-order chi connectivity index (χ1) is 13.1. The molecule has 2 aliphatic rings. The molecule has 0 atom stereocenters. The molecule has 1 aromatic rings. The normalized spacial score (nSPS) is 19.4. The van der Waals surface area contributed by atoms with Crippen molar-refractivity contribution in [1.82, 2.24) is 9.80 Å². The molecule has 4 amide bonds. The van der Waals surface area contributed by atoms with Crippen LogP contribution in [-0.2, 0) is 9.53 Å². The molecule has 0 bridgehead atoms. The van der Waals surface area contributed by atoms with Crippen molar-refractivity contribution < 1.29 is 23.9 Å². The maximum atomic E-state index is 13.0. The molecule has 28 heavy (non-hydrogen) atoms. The van der Waals surface area contributed by atoms with Crippen LogP contribution in [0, 0.1) is 0 Å². The highest BCUT2D eigenvalue weighted by Crippen LogP contribution is 2.40. The van der Waals surface area contributed by atoms with Crippen molar-refractivity contribution in [2.24, 2.45) is 0 Å². The number of carbonyl (C=O) groups excluding carboxylic acids is 3. The zero-order valence-corrected chi connectivity index (χ0v) is 17.0. The lowest BCUT2D eigenvalue weighted by Crippen LogP contribution is -2.58. The lowest BCUT2D eigenvalue weighted by atomic mass is 9.85. The zero-order chi connectivity index (χ0) is 20.7. The average Bonchev–Trinajstić information content (AvgIpc) is 2.82. The molecule has 1 aromatic carbocycles. The number of anilines is 1. The molecule has 0 aromatic heterocycles. The molecule has 0 aliphatic carbocycles. The van der Waals surface area contributed by atoms with Gasteiger partial charge >= 0.3 is 12.1 Å². The van der Waals surface area contributed by atoms with Gasteiger partial charge in [-0.3, -0.25) is 14.6 Å². The number of rotatable bonds is 2. The highest BCUT2D eigenvalue weighted by molar-refractivity contribution is 6.16. The molecule has 3 rings (SSSR count). The summed E-state index contributed by atoms with van der Waals surface area (Å²) >= 11 is 0. The first-order valence-corrected chi connectivity index (χ1v) is 9.33. The van der Waals surface area contributed by atoms with E-state index in [0.717, 1.165) is 4.90 Å². The van der Waals surface area contributed by atoms with E-state index in [0.29, 0.717) is 37.4 Å². The van der Waals surface area contributed by atoms with Crippen LogP contribution in [0.5, 0.6) is 5.75 Å². The van der Waals surface area contributed by atoms with Gasteiger partial charge in [0.1, 0.15) is 16.9 Å². The molecule has 0 radical (unpaired) electrons. The minimum Gasteiger partial charge on any atom is -0.497 e. The van der Waals surface area contributed by atoms with Crippen molar-refractivity contribution in [2.75, 3.05) is 32.1 Å². The van der Waals surface area contributed by atoms with E-state index in [4.69, 9.17) is 9.47 Å². The largest absolute Gasteiger partial charge is 0.497 e. The van der Waals surface area contributed by atoms with Gasteiger partial charge < -0.3 is 14.4 Å². The van der Waals surface area contributed by atoms with E-state index in [1.807, 2.05) is 20.8 Å². The molecule has 8 nitrogen and oxygen atoms in total. The van der Waals surface area contributed by atoms with E-state index < -0.39 is 17.2 Å². The third kappa shape index (κ3) is 3.39. The van der Waals surface area contributed by atoms with Gasteiger partial charge in [-0.1, -0.05) is 0 Å². The van der Waals surface area contributed by atoms with Crippen molar-refractivity contribution in [3.05, 3.63) is 24.3 Å². The van der Waals surface area contributed by atoms with Crippen LogP contribution >= 0.6 is 0 Å². The summed E-state index contributed by atoms with van der Waals surface area (Å²) in [6, 6.07) is 6.70. The van der Waals surface area contributed by atoms with Crippen LogP contribution in [-0.4, -0.2) is 66.2 Å². The number of carbonyl (C=O) groups is 3. The highest BCUT2D eigenvalue weighted by Gasteiger charge is 2.58. The fourth-order valence-electron chi connectivity index (χ4n) is 3.74. The molecule has 0 unspecified atom stereocenters. The number of amides is 4.